The number of carbonyl (C=O) groups excluding carboxylic acids is 2. The zero-order valence-corrected chi connectivity index (χ0v) is 20.6. The quantitative estimate of drug-likeness (QED) is 0.106. The van der Waals surface area contributed by atoms with Crippen molar-refractivity contribution in [3.63, 3.8) is 0 Å². The summed E-state index contributed by atoms with van der Waals surface area (Å²) in [5.74, 6) is -0.645. The first-order valence-corrected chi connectivity index (χ1v) is 11.8. The van der Waals surface area contributed by atoms with Gasteiger partial charge in [0.1, 0.15) is 5.69 Å². The summed E-state index contributed by atoms with van der Waals surface area (Å²) in [4.78, 5) is 41.0. The molecule has 35 heavy (non-hydrogen) atoms. The molecule has 0 N–H and O–H groups in total. The predicted octanol–water partition coefficient (Wildman–Crippen LogP) is 6.41. The lowest BCUT2D eigenvalue weighted by Crippen LogP contribution is -2.12. The lowest BCUT2D eigenvalue weighted by atomic mass is 9.98. The molecule has 0 spiro atoms. The van der Waals surface area contributed by atoms with Crippen molar-refractivity contribution in [2.24, 2.45) is 16.3 Å². The second-order valence-electron chi connectivity index (χ2n) is 9.08. The fourth-order valence-electron chi connectivity index (χ4n) is 3.88. The minimum Gasteiger partial charge on any atom is -0.338 e. The average Bonchev–Trinajstić information content (AvgIpc) is 3.21. The molecule has 0 fully saturated rings. The number of aromatic nitrogens is 1. The Balaban J connectivity index is 1.94. The molecular formula is C28H31N3O4. The van der Waals surface area contributed by atoms with Crippen LogP contribution >= 0.6 is 0 Å². The van der Waals surface area contributed by atoms with E-state index in [-0.39, 0.29) is 24.0 Å². The predicted molar refractivity (Wildman–Crippen MR) is 137 cm³/mol. The van der Waals surface area contributed by atoms with Gasteiger partial charge in [0.2, 0.25) is 0 Å². The maximum absolute atomic E-state index is 13.4. The number of carbonyl (C=O) groups is 2. The number of oxime groups is 1. The van der Waals surface area contributed by atoms with Crippen LogP contribution in [0.3, 0.4) is 0 Å². The van der Waals surface area contributed by atoms with Crippen molar-refractivity contribution in [2.75, 3.05) is 0 Å². The highest BCUT2D eigenvalue weighted by atomic mass is 16.7. The van der Waals surface area contributed by atoms with Crippen molar-refractivity contribution < 1.29 is 14.4 Å². The number of nitrogens with zero attached hydrogens (tertiary/aromatic N) is 3. The monoisotopic (exact) mass is 473 g/mol. The van der Waals surface area contributed by atoms with Gasteiger partial charge in [-0.15, -0.1) is 4.91 Å². The third-order valence-corrected chi connectivity index (χ3v) is 5.66. The third kappa shape index (κ3) is 6.82. The van der Waals surface area contributed by atoms with Crippen LogP contribution in [0.1, 0.15) is 72.9 Å². The van der Waals surface area contributed by atoms with Gasteiger partial charge in [-0.1, -0.05) is 75.3 Å². The van der Waals surface area contributed by atoms with E-state index >= 15 is 0 Å². The topological polar surface area (TPSA) is 90.1 Å². The van der Waals surface area contributed by atoms with Crippen LogP contribution in [0.2, 0.25) is 0 Å². The van der Waals surface area contributed by atoms with E-state index in [1.165, 1.54) is 6.21 Å². The van der Waals surface area contributed by atoms with E-state index in [0.29, 0.717) is 29.9 Å². The third-order valence-electron chi connectivity index (χ3n) is 5.66. The Labute approximate surface area is 205 Å². The zero-order valence-electron chi connectivity index (χ0n) is 20.6. The van der Waals surface area contributed by atoms with Crippen LogP contribution in [-0.4, -0.2) is 22.5 Å². The second kappa shape index (κ2) is 12.0. The highest BCUT2D eigenvalue weighted by molar-refractivity contribution is 5.99. The molecule has 182 valence electrons. The molecule has 3 aromatic rings. The highest BCUT2D eigenvalue weighted by Gasteiger charge is 2.22. The highest BCUT2D eigenvalue weighted by Crippen LogP contribution is 2.27. The molecule has 7 heteroatoms. The first kappa shape index (κ1) is 25.7. The van der Waals surface area contributed by atoms with Crippen molar-refractivity contribution in [1.82, 2.24) is 4.57 Å². The lowest BCUT2D eigenvalue weighted by Gasteiger charge is -2.16. The standard InChI is InChI=1S/C28H31N3O4/c1-19(2)27-25(26(32)14-13-21-11-8-12-23(15-21)30-34)16-24(17-29-35-28(33)20(3)4)31(27)18-22-9-6-5-7-10-22/h5-12,15-17,19-20H,13-14,18H2,1-4H3/b29-17+. The van der Waals surface area contributed by atoms with Crippen LogP contribution in [0.5, 0.6) is 0 Å². The molecule has 0 saturated carbocycles. The normalized spacial score (nSPS) is 11.4. The van der Waals surface area contributed by atoms with E-state index in [1.807, 2.05) is 56.3 Å². The Morgan fingerprint density at radius 3 is 2.34 bits per heavy atom. The fraction of sp³-hybridized carbons (Fsp3) is 0.321. The van der Waals surface area contributed by atoms with Gasteiger partial charge in [-0.3, -0.25) is 4.79 Å². The lowest BCUT2D eigenvalue weighted by molar-refractivity contribution is -0.147. The molecule has 2 aromatic carbocycles. The van der Waals surface area contributed by atoms with Gasteiger partial charge >= 0.3 is 5.97 Å². The Hall–Kier alpha value is -3.87. The number of aryl methyl sites for hydroxylation is 1. The minimum absolute atomic E-state index is 0.00111. The zero-order chi connectivity index (χ0) is 25.4. The first-order chi connectivity index (χ1) is 16.8. The van der Waals surface area contributed by atoms with E-state index in [1.54, 1.807) is 32.0 Å². The number of rotatable bonds is 11. The van der Waals surface area contributed by atoms with Crippen LogP contribution in [-0.2, 0) is 22.6 Å². The molecular weight excluding hydrogens is 442 g/mol. The Morgan fingerprint density at radius 2 is 1.69 bits per heavy atom. The van der Waals surface area contributed by atoms with E-state index in [2.05, 4.69) is 14.9 Å². The second-order valence-corrected chi connectivity index (χ2v) is 9.08. The minimum atomic E-state index is -0.421. The van der Waals surface area contributed by atoms with E-state index in [4.69, 9.17) is 4.84 Å². The van der Waals surface area contributed by atoms with Crippen molar-refractivity contribution in [2.45, 2.75) is 53.0 Å². The van der Waals surface area contributed by atoms with Gasteiger partial charge in [-0.05, 0) is 46.8 Å². The molecule has 0 aliphatic heterocycles. The molecule has 0 aliphatic carbocycles. The van der Waals surface area contributed by atoms with Gasteiger partial charge in [0.15, 0.2) is 5.78 Å². The Kier molecular flexibility index (Phi) is 8.84. The summed E-state index contributed by atoms with van der Waals surface area (Å²) in [6, 6.07) is 18.8. The molecule has 0 amide bonds. The van der Waals surface area contributed by atoms with Crippen LogP contribution in [0, 0.1) is 10.8 Å². The van der Waals surface area contributed by atoms with E-state index < -0.39 is 5.97 Å². The summed E-state index contributed by atoms with van der Waals surface area (Å²) < 4.78 is 2.05. The molecule has 3 rings (SSSR count). The number of benzene rings is 2. The van der Waals surface area contributed by atoms with E-state index in [0.717, 1.165) is 16.8 Å². The van der Waals surface area contributed by atoms with Crippen molar-refractivity contribution >= 4 is 23.7 Å². The number of hydrogen-bond acceptors (Lipinski definition) is 6. The van der Waals surface area contributed by atoms with Gasteiger partial charge < -0.3 is 9.40 Å². The smallest absolute Gasteiger partial charge is 0.337 e. The number of Topliss-reactive ketones (excluding diaryl/α,β-unsaturated/α-hetero) is 1. The van der Waals surface area contributed by atoms with Crippen LogP contribution in [0.4, 0.5) is 5.69 Å². The first-order valence-electron chi connectivity index (χ1n) is 11.8. The molecule has 0 saturated heterocycles. The van der Waals surface area contributed by atoms with Crippen LogP contribution in [0.25, 0.3) is 0 Å². The molecule has 0 radical (unpaired) electrons. The van der Waals surface area contributed by atoms with Crippen molar-refractivity contribution in [3.05, 3.63) is 93.6 Å². The number of nitroso groups, excluding NO2 is 1. The molecule has 7 nitrogen and oxygen atoms in total. The summed E-state index contributed by atoms with van der Waals surface area (Å²) >= 11 is 0. The fourth-order valence-corrected chi connectivity index (χ4v) is 3.88. The van der Waals surface area contributed by atoms with Gasteiger partial charge in [0.05, 0.1) is 17.8 Å². The van der Waals surface area contributed by atoms with Crippen LogP contribution < -0.4 is 0 Å². The SMILES string of the molecule is CC(C)C(=O)O/N=C/c1cc(C(=O)CCc2cccc(N=O)c2)c(C(C)C)n1Cc1ccccc1. The summed E-state index contributed by atoms with van der Waals surface area (Å²) in [6.07, 6.45) is 2.28. The maximum Gasteiger partial charge on any atom is 0.337 e. The van der Waals surface area contributed by atoms with E-state index in [9.17, 15) is 14.5 Å². The van der Waals surface area contributed by atoms with Gasteiger partial charge in [-0.2, -0.15) is 0 Å². The van der Waals surface area contributed by atoms with Gasteiger partial charge in [0.25, 0.3) is 0 Å². The summed E-state index contributed by atoms with van der Waals surface area (Å²) in [7, 11) is 0. The van der Waals surface area contributed by atoms with Crippen molar-refractivity contribution in [1.29, 1.82) is 0 Å². The average molecular weight is 474 g/mol. The summed E-state index contributed by atoms with van der Waals surface area (Å²) in [5.41, 5.74) is 4.52. The van der Waals surface area contributed by atoms with Crippen molar-refractivity contribution in [3.8, 4) is 0 Å². The number of hydrogen-bond donors (Lipinski definition) is 0. The summed E-state index contributed by atoms with van der Waals surface area (Å²) in [5, 5.41) is 6.88. The maximum atomic E-state index is 13.4. The molecule has 0 aliphatic rings. The molecule has 0 unspecified atom stereocenters. The van der Waals surface area contributed by atoms with Gasteiger partial charge in [0, 0.05) is 24.2 Å². The van der Waals surface area contributed by atoms with Gasteiger partial charge in [-0.25, -0.2) is 4.79 Å². The largest absolute Gasteiger partial charge is 0.338 e. The summed E-state index contributed by atoms with van der Waals surface area (Å²) in [6.45, 7) is 8.13. The molecule has 1 heterocycles. The Morgan fingerprint density at radius 1 is 0.971 bits per heavy atom. The Bertz CT molecular complexity index is 1210. The van der Waals surface area contributed by atoms with Crippen LogP contribution in [0.15, 0.2) is 71.0 Å². The molecule has 0 atom stereocenters. The molecule has 0 bridgehead atoms. The number of ketones is 1. The molecule has 1 aromatic heterocycles.